The van der Waals surface area contributed by atoms with Crippen LogP contribution >= 0.6 is 11.6 Å². The van der Waals surface area contributed by atoms with Crippen LogP contribution in [0.5, 0.6) is 0 Å². The molecule has 0 spiro atoms. The van der Waals surface area contributed by atoms with Crippen LogP contribution < -0.4 is 10.6 Å². The molecule has 1 atom stereocenters. The fourth-order valence-electron chi connectivity index (χ4n) is 3.16. The normalized spacial score (nSPS) is 19.1. The Hall–Kier alpha value is -3.14. The van der Waals surface area contributed by atoms with Crippen molar-refractivity contribution in [3.8, 4) is 0 Å². The third-order valence-electron chi connectivity index (χ3n) is 4.69. The first-order valence-electron chi connectivity index (χ1n) is 8.66. The van der Waals surface area contributed by atoms with Crippen LogP contribution in [0.4, 0.5) is 23.8 Å². The third-order valence-corrected chi connectivity index (χ3v) is 4.97. The summed E-state index contributed by atoms with van der Waals surface area (Å²) >= 11 is 5.76. The molecule has 2 N–H and O–H groups in total. The minimum atomic E-state index is -4.64. The van der Waals surface area contributed by atoms with Crippen molar-refractivity contribution < 1.29 is 27.6 Å². The van der Waals surface area contributed by atoms with Crippen molar-refractivity contribution in [2.75, 3.05) is 11.9 Å². The summed E-state index contributed by atoms with van der Waals surface area (Å²) in [7, 11) is 0. The van der Waals surface area contributed by atoms with E-state index in [1.807, 2.05) is 0 Å². The molecule has 0 aliphatic carbocycles. The van der Waals surface area contributed by atoms with Crippen LogP contribution in [0.15, 0.2) is 36.5 Å². The summed E-state index contributed by atoms with van der Waals surface area (Å²) in [6, 6.07) is 6.84. The molecule has 1 aliphatic rings. The molecule has 158 valence electrons. The van der Waals surface area contributed by atoms with Crippen LogP contribution in [0.3, 0.4) is 0 Å². The fourth-order valence-corrected chi connectivity index (χ4v) is 3.37. The van der Waals surface area contributed by atoms with Gasteiger partial charge in [0.2, 0.25) is 5.91 Å². The monoisotopic (exact) mass is 440 g/mol. The zero-order valence-electron chi connectivity index (χ0n) is 15.8. The number of carbonyl (C=O) groups excluding carboxylic acids is 3. The largest absolute Gasteiger partial charge is 0.417 e. The second kappa shape index (κ2) is 7.60. The van der Waals surface area contributed by atoms with E-state index in [4.69, 9.17) is 11.6 Å². The van der Waals surface area contributed by atoms with Crippen molar-refractivity contribution in [1.29, 1.82) is 0 Å². The van der Waals surface area contributed by atoms with Crippen molar-refractivity contribution in [3.05, 3.63) is 58.2 Å². The van der Waals surface area contributed by atoms with Gasteiger partial charge in [-0.3, -0.25) is 14.5 Å². The fraction of sp³-hybridized carbons (Fsp3) is 0.263. The van der Waals surface area contributed by atoms with Gasteiger partial charge >= 0.3 is 12.2 Å². The molecule has 1 aliphatic heterocycles. The number of hydrogen-bond acceptors (Lipinski definition) is 4. The highest BCUT2D eigenvalue weighted by Gasteiger charge is 2.50. The average molecular weight is 441 g/mol. The van der Waals surface area contributed by atoms with Gasteiger partial charge < -0.3 is 10.6 Å². The number of pyridine rings is 1. The lowest BCUT2D eigenvalue weighted by atomic mass is 9.88. The number of nitrogens with one attached hydrogen (secondary N) is 2. The summed E-state index contributed by atoms with van der Waals surface area (Å²) in [5.41, 5.74) is -1.07. The van der Waals surface area contributed by atoms with Gasteiger partial charge in [0.25, 0.3) is 5.91 Å². The van der Waals surface area contributed by atoms with E-state index in [2.05, 4.69) is 15.6 Å². The van der Waals surface area contributed by atoms with E-state index >= 15 is 0 Å². The van der Waals surface area contributed by atoms with Gasteiger partial charge in [-0.2, -0.15) is 13.2 Å². The number of alkyl halides is 3. The zero-order valence-corrected chi connectivity index (χ0v) is 16.6. The number of rotatable bonds is 4. The van der Waals surface area contributed by atoms with Crippen LogP contribution in [0.1, 0.15) is 23.6 Å². The highest BCUT2D eigenvalue weighted by Crippen LogP contribution is 2.33. The number of hydrogen-bond donors (Lipinski definition) is 2. The number of urea groups is 1. The van der Waals surface area contributed by atoms with Gasteiger partial charge in [0.05, 0.1) is 10.6 Å². The Morgan fingerprint density at radius 3 is 2.57 bits per heavy atom. The van der Waals surface area contributed by atoms with Crippen molar-refractivity contribution in [3.63, 3.8) is 0 Å². The number of aromatic nitrogens is 1. The van der Waals surface area contributed by atoms with Crippen LogP contribution in [0, 0.1) is 6.92 Å². The molecule has 0 radical (unpaired) electrons. The van der Waals surface area contributed by atoms with Gasteiger partial charge in [-0.15, -0.1) is 0 Å². The maximum Gasteiger partial charge on any atom is 0.417 e. The number of anilines is 1. The molecule has 1 fully saturated rings. The molecule has 1 aromatic heterocycles. The average Bonchev–Trinajstić information content (AvgIpc) is 2.86. The molecule has 3 rings (SSSR count). The number of nitrogens with zero attached hydrogens (tertiary/aromatic N) is 2. The van der Waals surface area contributed by atoms with E-state index in [1.165, 1.54) is 6.92 Å². The van der Waals surface area contributed by atoms with E-state index in [1.54, 1.807) is 31.2 Å². The first-order chi connectivity index (χ1) is 13.9. The van der Waals surface area contributed by atoms with E-state index in [0.717, 1.165) is 10.5 Å². The Morgan fingerprint density at radius 2 is 1.97 bits per heavy atom. The van der Waals surface area contributed by atoms with Crippen LogP contribution in [-0.2, 0) is 21.3 Å². The molecule has 4 amide bonds. The molecule has 0 bridgehead atoms. The lowest BCUT2D eigenvalue weighted by Gasteiger charge is -2.24. The lowest BCUT2D eigenvalue weighted by molar-refractivity contribution is -0.137. The van der Waals surface area contributed by atoms with Gasteiger partial charge in [-0.25, -0.2) is 9.78 Å². The highest BCUT2D eigenvalue weighted by molar-refractivity contribution is 6.33. The summed E-state index contributed by atoms with van der Waals surface area (Å²) in [6.45, 7) is 2.65. The summed E-state index contributed by atoms with van der Waals surface area (Å²) in [4.78, 5) is 41.8. The molecular weight excluding hydrogens is 425 g/mol. The molecule has 1 unspecified atom stereocenters. The minimum Gasteiger partial charge on any atom is -0.319 e. The molecule has 7 nitrogen and oxygen atoms in total. The van der Waals surface area contributed by atoms with Crippen LogP contribution in [0.25, 0.3) is 0 Å². The second-order valence-corrected chi connectivity index (χ2v) is 7.27. The van der Waals surface area contributed by atoms with E-state index < -0.39 is 46.7 Å². The predicted octanol–water partition coefficient (Wildman–Crippen LogP) is 3.47. The van der Waals surface area contributed by atoms with E-state index in [0.29, 0.717) is 17.8 Å². The molecule has 1 saturated heterocycles. The standard InChI is InChI=1S/C19H16ClF3N4O3/c1-10-5-3-4-6-12(10)18(2)16(29)27(17(30)26-18)9-14(28)25-15-13(20)7-11(8-24-15)19(21,22)23/h3-8H,9H2,1-2H3,(H,26,30)(H,24,25,28). The van der Waals surface area contributed by atoms with Gasteiger partial charge in [-0.05, 0) is 31.0 Å². The Bertz CT molecular complexity index is 1040. The summed E-state index contributed by atoms with van der Waals surface area (Å²) in [5, 5.41) is 4.36. The predicted molar refractivity (Wildman–Crippen MR) is 102 cm³/mol. The summed E-state index contributed by atoms with van der Waals surface area (Å²) < 4.78 is 38.1. The molecular formula is C19H16ClF3N4O3. The van der Waals surface area contributed by atoms with Gasteiger partial charge in [0.15, 0.2) is 5.82 Å². The topological polar surface area (TPSA) is 91.4 Å². The SMILES string of the molecule is Cc1ccccc1C1(C)NC(=O)N(CC(=O)Nc2ncc(C(F)(F)F)cc2Cl)C1=O. The Morgan fingerprint density at radius 1 is 1.30 bits per heavy atom. The molecule has 2 heterocycles. The van der Waals surface area contributed by atoms with Crippen molar-refractivity contribution in [2.24, 2.45) is 0 Å². The molecule has 11 heteroatoms. The quantitative estimate of drug-likeness (QED) is 0.712. The molecule has 1 aromatic carbocycles. The molecule has 2 aromatic rings. The number of amides is 4. The van der Waals surface area contributed by atoms with Crippen molar-refractivity contribution >= 4 is 35.3 Å². The van der Waals surface area contributed by atoms with Gasteiger partial charge in [0, 0.05) is 6.20 Å². The van der Waals surface area contributed by atoms with Gasteiger partial charge in [-0.1, -0.05) is 35.9 Å². The van der Waals surface area contributed by atoms with Crippen molar-refractivity contribution in [2.45, 2.75) is 25.6 Å². The summed E-state index contributed by atoms with van der Waals surface area (Å²) in [5.74, 6) is -1.80. The first kappa shape index (κ1) is 21.6. The van der Waals surface area contributed by atoms with Crippen molar-refractivity contribution in [1.82, 2.24) is 15.2 Å². The minimum absolute atomic E-state index is 0.316. The van der Waals surface area contributed by atoms with Crippen LogP contribution in [0.2, 0.25) is 5.02 Å². The number of imide groups is 1. The zero-order chi connectivity index (χ0) is 22.3. The Kier molecular flexibility index (Phi) is 5.46. The number of halogens is 4. The number of aryl methyl sites for hydroxylation is 1. The Balaban J connectivity index is 1.75. The Labute approximate surface area is 174 Å². The third kappa shape index (κ3) is 3.95. The maximum absolute atomic E-state index is 12.9. The highest BCUT2D eigenvalue weighted by atomic mass is 35.5. The van der Waals surface area contributed by atoms with Gasteiger partial charge in [0.1, 0.15) is 12.1 Å². The maximum atomic E-state index is 12.9. The van der Waals surface area contributed by atoms with E-state index in [-0.39, 0.29) is 5.82 Å². The number of benzene rings is 1. The molecule has 30 heavy (non-hydrogen) atoms. The van der Waals surface area contributed by atoms with E-state index in [9.17, 15) is 27.6 Å². The second-order valence-electron chi connectivity index (χ2n) is 6.86. The number of carbonyl (C=O) groups is 3. The lowest BCUT2D eigenvalue weighted by Crippen LogP contribution is -2.42. The first-order valence-corrected chi connectivity index (χ1v) is 9.04. The smallest absolute Gasteiger partial charge is 0.319 e. The molecule has 0 saturated carbocycles. The van der Waals surface area contributed by atoms with Crippen LogP contribution in [-0.4, -0.2) is 34.3 Å². The summed E-state index contributed by atoms with van der Waals surface area (Å²) in [6.07, 6.45) is -4.12.